The lowest BCUT2D eigenvalue weighted by Gasteiger charge is -2.49. The third-order valence-corrected chi connectivity index (χ3v) is 9.63. The number of rotatable bonds is 10. The molecule has 0 amide bonds. The molecule has 224 valence electrons. The van der Waals surface area contributed by atoms with Gasteiger partial charge in [-0.25, -0.2) is 0 Å². The molecule has 0 radical (unpaired) electrons. The van der Waals surface area contributed by atoms with E-state index in [4.69, 9.17) is 18.9 Å². The predicted molar refractivity (Wildman–Crippen MR) is 173 cm³/mol. The number of benzene rings is 4. The molecule has 0 aliphatic carbocycles. The molecule has 0 aromatic heterocycles. The molecule has 0 spiro atoms. The second-order valence-corrected chi connectivity index (χ2v) is 13.7. The molecular formula is C38H42O4S. The molecule has 1 saturated heterocycles. The highest BCUT2D eigenvalue weighted by molar-refractivity contribution is 7.99. The van der Waals surface area contributed by atoms with Crippen LogP contribution >= 0.6 is 11.8 Å². The van der Waals surface area contributed by atoms with Gasteiger partial charge in [0.25, 0.3) is 0 Å². The van der Waals surface area contributed by atoms with Crippen LogP contribution in [0.4, 0.5) is 0 Å². The highest BCUT2D eigenvalue weighted by Gasteiger charge is 2.50. The number of ether oxygens (including phenoxy) is 4. The van der Waals surface area contributed by atoms with E-state index in [2.05, 4.69) is 99.6 Å². The molecule has 6 rings (SSSR count). The van der Waals surface area contributed by atoms with Gasteiger partial charge in [-0.2, -0.15) is 0 Å². The largest absolute Gasteiger partial charge is 0.374 e. The summed E-state index contributed by atoms with van der Waals surface area (Å²) in [5.41, 5.74) is 6.05. The van der Waals surface area contributed by atoms with E-state index in [1.54, 1.807) is 0 Å². The van der Waals surface area contributed by atoms with Gasteiger partial charge in [0, 0.05) is 16.6 Å². The SMILES string of the molecule is CC(C)(C)c1ccc2c(c1)[C@@H]1O[C@H](COCc3ccccc3)[C@@H](OCc3ccccc3)[C@H](OCc3ccccc3)[C@@H]1CS2. The fourth-order valence-electron chi connectivity index (χ4n) is 5.99. The summed E-state index contributed by atoms with van der Waals surface area (Å²) in [6, 6.07) is 38.0. The normalized spacial score (nSPS) is 23.4. The van der Waals surface area contributed by atoms with Gasteiger partial charge < -0.3 is 18.9 Å². The van der Waals surface area contributed by atoms with Crippen LogP contribution in [-0.4, -0.2) is 30.7 Å². The van der Waals surface area contributed by atoms with E-state index in [0.29, 0.717) is 26.4 Å². The quantitative estimate of drug-likeness (QED) is 0.184. The van der Waals surface area contributed by atoms with Crippen molar-refractivity contribution in [2.75, 3.05) is 12.4 Å². The Morgan fingerprint density at radius 1 is 0.698 bits per heavy atom. The number of hydrogen-bond donors (Lipinski definition) is 0. The van der Waals surface area contributed by atoms with E-state index < -0.39 is 0 Å². The Kier molecular flexibility index (Phi) is 9.66. The monoisotopic (exact) mass is 594 g/mol. The summed E-state index contributed by atoms with van der Waals surface area (Å²) >= 11 is 1.91. The summed E-state index contributed by atoms with van der Waals surface area (Å²) in [4.78, 5) is 1.30. The van der Waals surface area contributed by atoms with Gasteiger partial charge in [-0.15, -0.1) is 11.8 Å². The van der Waals surface area contributed by atoms with Gasteiger partial charge in [0.2, 0.25) is 0 Å². The Hall–Kier alpha value is -2.93. The van der Waals surface area contributed by atoms with Crippen LogP contribution in [0.3, 0.4) is 0 Å². The maximum Gasteiger partial charge on any atom is 0.113 e. The first kappa shape index (κ1) is 30.1. The third-order valence-electron chi connectivity index (χ3n) is 8.40. The zero-order valence-electron chi connectivity index (χ0n) is 25.4. The molecule has 2 aliphatic rings. The van der Waals surface area contributed by atoms with E-state index in [0.717, 1.165) is 22.4 Å². The van der Waals surface area contributed by atoms with Crippen LogP contribution in [0.1, 0.15) is 54.7 Å². The Morgan fingerprint density at radius 3 is 1.84 bits per heavy atom. The lowest BCUT2D eigenvalue weighted by molar-refractivity contribution is -0.244. The van der Waals surface area contributed by atoms with Crippen molar-refractivity contribution in [1.29, 1.82) is 0 Å². The Morgan fingerprint density at radius 2 is 1.26 bits per heavy atom. The lowest BCUT2D eigenvalue weighted by Crippen LogP contribution is -2.56. The van der Waals surface area contributed by atoms with Crippen molar-refractivity contribution in [3.05, 3.63) is 137 Å². The maximum atomic E-state index is 7.06. The molecule has 5 atom stereocenters. The molecule has 4 aromatic rings. The molecule has 0 bridgehead atoms. The van der Waals surface area contributed by atoms with Gasteiger partial charge in [0.1, 0.15) is 12.2 Å². The highest BCUT2D eigenvalue weighted by atomic mass is 32.2. The van der Waals surface area contributed by atoms with Gasteiger partial charge in [-0.05, 0) is 39.3 Å². The molecular weight excluding hydrogens is 552 g/mol. The van der Waals surface area contributed by atoms with Crippen molar-refractivity contribution in [3.63, 3.8) is 0 Å². The van der Waals surface area contributed by atoms with Crippen LogP contribution in [0.25, 0.3) is 0 Å². The summed E-state index contributed by atoms with van der Waals surface area (Å²) in [5, 5.41) is 0. The van der Waals surface area contributed by atoms with Gasteiger partial charge in [-0.1, -0.05) is 124 Å². The Labute approximate surface area is 260 Å². The van der Waals surface area contributed by atoms with Crippen LogP contribution in [0.2, 0.25) is 0 Å². The summed E-state index contributed by atoms with van der Waals surface area (Å²) in [6.07, 6.45) is -0.828. The first-order valence-electron chi connectivity index (χ1n) is 15.3. The summed E-state index contributed by atoms with van der Waals surface area (Å²) < 4.78 is 27.0. The number of thioether (sulfide) groups is 1. The standard InChI is InChI=1S/C38H42O4S/c1-38(2,3)30-19-20-34-31(21-30)35-32(26-43-34)36(40-23-28-15-9-5-10-16-28)37(41-24-29-17-11-6-12-18-29)33(42-35)25-39-22-27-13-7-4-8-14-27/h4-21,32-33,35-37H,22-26H2,1-3H3/t32-,33-,35+,36-,37-/m1/s1. The smallest absolute Gasteiger partial charge is 0.113 e. The molecule has 2 aliphatic heterocycles. The molecule has 1 fully saturated rings. The predicted octanol–water partition coefficient (Wildman–Crippen LogP) is 8.53. The van der Waals surface area contributed by atoms with Gasteiger partial charge in [-0.3, -0.25) is 0 Å². The Bertz CT molecular complexity index is 1440. The van der Waals surface area contributed by atoms with Crippen LogP contribution < -0.4 is 0 Å². The van der Waals surface area contributed by atoms with E-state index >= 15 is 0 Å². The topological polar surface area (TPSA) is 36.9 Å². The van der Waals surface area contributed by atoms with Gasteiger partial charge in [0.15, 0.2) is 0 Å². The van der Waals surface area contributed by atoms with Gasteiger partial charge >= 0.3 is 0 Å². The van der Waals surface area contributed by atoms with Crippen molar-refractivity contribution in [3.8, 4) is 0 Å². The summed E-state index contributed by atoms with van der Waals surface area (Å²) in [6.45, 7) is 8.76. The first-order chi connectivity index (χ1) is 21.0. The fraction of sp³-hybridized carbons (Fsp3) is 0.368. The third kappa shape index (κ3) is 7.42. The molecule has 5 heteroatoms. The van der Waals surface area contributed by atoms with Crippen LogP contribution in [-0.2, 0) is 44.2 Å². The van der Waals surface area contributed by atoms with Crippen molar-refractivity contribution < 1.29 is 18.9 Å². The van der Waals surface area contributed by atoms with E-state index in [1.165, 1.54) is 16.0 Å². The number of hydrogen-bond acceptors (Lipinski definition) is 5. The molecule has 0 unspecified atom stereocenters. The average Bonchev–Trinajstić information content (AvgIpc) is 3.03. The molecule has 4 nitrogen and oxygen atoms in total. The zero-order valence-corrected chi connectivity index (χ0v) is 26.2. The highest BCUT2D eigenvalue weighted by Crippen LogP contribution is 2.49. The van der Waals surface area contributed by atoms with Crippen molar-refractivity contribution in [1.82, 2.24) is 0 Å². The van der Waals surface area contributed by atoms with Crippen molar-refractivity contribution >= 4 is 11.8 Å². The maximum absolute atomic E-state index is 7.06. The molecule has 4 aromatic carbocycles. The first-order valence-corrected chi connectivity index (χ1v) is 16.3. The van der Waals surface area contributed by atoms with E-state index in [-0.39, 0.29) is 35.7 Å². The van der Waals surface area contributed by atoms with Crippen LogP contribution in [0, 0.1) is 5.92 Å². The van der Waals surface area contributed by atoms with E-state index in [1.807, 2.05) is 42.1 Å². The molecule has 2 heterocycles. The fourth-order valence-corrected chi connectivity index (χ4v) is 7.23. The lowest BCUT2D eigenvalue weighted by atomic mass is 9.81. The van der Waals surface area contributed by atoms with E-state index in [9.17, 15) is 0 Å². The van der Waals surface area contributed by atoms with Crippen molar-refractivity contribution in [2.24, 2.45) is 5.92 Å². The van der Waals surface area contributed by atoms with Crippen LogP contribution in [0.15, 0.2) is 114 Å². The molecule has 0 saturated carbocycles. The summed E-state index contributed by atoms with van der Waals surface area (Å²) in [7, 11) is 0. The Balaban J connectivity index is 1.32. The summed E-state index contributed by atoms with van der Waals surface area (Å²) in [5.74, 6) is 1.05. The number of fused-ring (bicyclic) bond motifs is 3. The second-order valence-electron chi connectivity index (χ2n) is 12.6. The molecule has 0 N–H and O–H groups in total. The minimum Gasteiger partial charge on any atom is -0.374 e. The minimum atomic E-state index is -0.288. The van der Waals surface area contributed by atoms with Gasteiger partial charge in [0.05, 0.1) is 38.6 Å². The second kappa shape index (κ2) is 13.8. The van der Waals surface area contributed by atoms with Crippen molar-refractivity contribution in [2.45, 2.75) is 75.3 Å². The van der Waals surface area contributed by atoms with Crippen LogP contribution in [0.5, 0.6) is 0 Å². The minimum absolute atomic E-state index is 0.0457. The zero-order chi connectivity index (χ0) is 29.6. The molecule has 43 heavy (non-hydrogen) atoms. The average molecular weight is 595 g/mol.